The summed E-state index contributed by atoms with van der Waals surface area (Å²) >= 11 is 8.48. The Morgan fingerprint density at radius 3 is 2.60 bits per heavy atom. The predicted molar refractivity (Wildman–Crippen MR) is 44.7 cm³/mol. The Morgan fingerprint density at radius 2 is 2.30 bits per heavy atom. The van der Waals surface area contributed by atoms with E-state index in [0.717, 1.165) is 12.8 Å². The van der Waals surface area contributed by atoms with Crippen molar-refractivity contribution >= 4 is 33.5 Å². The summed E-state index contributed by atoms with van der Waals surface area (Å²) in [5.41, 5.74) is 0. The van der Waals surface area contributed by atoms with Crippen molar-refractivity contribution in [1.29, 1.82) is 0 Å². The lowest BCUT2D eigenvalue weighted by atomic mass is 10.2. The van der Waals surface area contributed by atoms with E-state index in [-0.39, 0.29) is 0 Å². The molecule has 1 N–H and O–H groups in total. The lowest BCUT2D eigenvalue weighted by Gasteiger charge is -2.12. The summed E-state index contributed by atoms with van der Waals surface area (Å²) in [5.74, 6) is -1.01. The third kappa shape index (κ3) is 3.42. The molecule has 0 fully saturated rings. The minimum Gasteiger partial charge on any atom is -0.479 e. The Morgan fingerprint density at radius 1 is 1.80 bits per heavy atom. The van der Waals surface area contributed by atoms with Gasteiger partial charge < -0.3 is 5.11 Å². The summed E-state index contributed by atoms with van der Waals surface area (Å²) in [7, 11) is 0. The van der Waals surface area contributed by atoms with Crippen LogP contribution in [-0.2, 0) is 4.79 Å². The maximum atomic E-state index is 10.3. The molecule has 0 aliphatic rings. The van der Waals surface area contributed by atoms with Crippen molar-refractivity contribution in [3.8, 4) is 0 Å². The van der Waals surface area contributed by atoms with Crippen molar-refractivity contribution in [2.24, 2.45) is 0 Å². The number of hydrogen-bond donors (Lipinski definition) is 1. The molecule has 0 saturated carbocycles. The molecule has 1 atom stereocenters. The zero-order valence-electron chi connectivity index (χ0n) is 5.73. The Hall–Kier alpha value is 0.240. The molecule has 0 heterocycles. The van der Waals surface area contributed by atoms with Crippen molar-refractivity contribution < 1.29 is 9.90 Å². The van der Waals surface area contributed by atoms with Crippen LogP contribution < -0.4 is 0 Å². The minimum atomic E-state index is -1.25. The largest absolute Gasteiger partial charge is 0.479 e. The lowest BCUT2D eigenvalue weighted by molar-refractivity contribution is -0.137. The summed E-state index contributed by atoms with van der Waals surface area (Å²) in [4.78, 5) is 10.3. The number of rotatable bonds is 4. The van der Waals surface area contributed by atoms with E-state index < -0.39 is 9.75 Å². The van der Waals surface area contributed by atoms with E-state index in [1.54, 1.807) is 0 Å². The third-order valence-electron chi connectivity index (χ3n) is 1.16. The van der Waals surface area contributed by atoms with Gasteiger partial charge >= 0.3 is 5.97 Å². The molecule has 0 saturated heterocycles. The van der Waals surface area contributed by atoms with Crippen LogP contribution in [0.15, 0.2) is 0 Å². The molecule has 0 aromatic rings. The Bertz CT molecular complexity index is 125. The molecule has 60 valence electrons. The number of halogens is 2. The fraction of sp³-hybridized carbons (Fsp3) is 0.833. The lowest BCUT2D eigenvalue weighted by Crippen LogP contribution is -2.24. The van der Waals surface area contributed by atoms with E-state index in [1.807, 2.05) is 6.92 Å². The van der Waals surface area contributed by atoms with Gasteiger partial charge in [-0.1, -0.05) is 47.3 Å². The number of alkyl halides is 2. The van der Waals surface area contributed by atoms with Crippen LogP contribution in [0.1, 0.15) is 26.2 Å². The SMILES string of the molecule is CCCCC(Cl)(Br)C(=O)O. The summed E-state index contributed by atoms with van der Waals surface area (Å²) in [6, 6.07) is 0. The molecule has 4 heteroatoms. The van der Waals surface area contributed by atoms with E-state index in [4.69, 9.17) is 16.7 Å². The number of carbonyl (C=O) groups is 1. The van der Waals surface area contributed by atoms with Crippen molar-refractivity contribution in [2.75, 3.05) is 0 Å². The smallest absolute Gasteiger partial charge is 0.335 e. The molecule has 0 aliphatic carbocycles. The number of aliphatic carboxylic acids is 1. The molecule has 0 amide bonds. The second-order valence-corrected chi connectivity index (χ2v) is 4.57. The van der Waals surface area contributed by atoms with Crippen molar-refractivity contribution in [3.63, 3.8) is 0 Å². The molecule has 0 aromatic carbocycles. The summed E-state index contributed by atoms with van der Waals surface area (Å²) in [6.07, 6.45) is 2.23. The van der Waals surface area contributed by atoms with Gasteiger partial charge in [-0.3, -0.25) is 0 Å². The quantitative estimate of drug-likeness (QED) is 0.753. The second kappa shape index (κ2) is 4.19. The van der Waals surface area contributed by atoms with Gasteiger partial charge in [0.1, 0.15) is 0 Å². The van der Waals surface area contributed by atoms with Gasteiger partial charge in [0, 0.05) is 0 Å². The first-order valence-electron chi connectivity index (χ1n) is 3.12. The summed E-state index contributed by atoms with van der Waals surface area (Å²) in [6.45, 7) is 1.99. The van der Waals surface area contributed by atoms with Gasteiger partial charge in [0.2, 0.25) is 0 Å². The van der Waals surface area contributed by atoms with Crippen LogP contribution in [0, 0.1) is 0 Å². The number of carboxylic acid groups (broad SMARTS) is 1. The molecule has 0 bridgehead atoms. The minimum absolute atomic E-state index is 0.459. The first-order chi connectivity index (χ1) is 4.50. The summed E-state index contributed by atoms with van der Waals surface area (Å²) in [5, 5.41) is 8.49. The van der Waals surface area contributed by atoms with Gasteiger partial charge in [0.05, 0.1) is 0 Å². The zero-order chi connectivity index (χ0) is 8.20. The molecule has 0 rings (SSSR count). The van der Waals surface area contributed by atoms with E-state index in [0.29, 0.717) is 6.42 Å². The van der Waals surface area contributed by atoms with Crippen molar-refractivity contribution in [2.45, 2.75) is 30.0 Å². The number of carboxylic acids is 1. The van der Waals surface area contributed by atoms with Crippen LogP contribution >= 0.6 is 27.5 Å². The van der Waals surface area contributed by atoms with Crippen LogP contribution in [-0.4, -0.2) is 14.9 Å². The molecule has 0 radical (unpaired) electrons. The highest BCUT2D eigenvalue weighted by Crippen LogP contribution is 2.29. The highest BCUT2D eigenvalue weighted by Gasteiger charge is 2.31. The van der Waals surface area contributed by atoms with Crippen LogP contribution in [0.25, 0.3) is 0 Å². The number of unbranched alkanes of at least 4 members (excludes halogenated alkanes) is 1. The van der Waals surface area contributed by atoms with Gasteiger partial charge in [-0.25, -0.2) is 4.79 Å². The Balaban J connectivity index is 3.75. The predicted octanol–water partition coefficient (Wildman–Crippen LogP) is 2.59. The van der Waals surface area contributed by atoms with Crippen LogP contribution in [0.5, 0.6) is 0 Å². The number of hydrogen-bond acceptors (Lipinski definition) is 1. The van der Waals surface area contributed by atoms with Gasteiger partial charge in [0.25, 0.3) is 0 Å². The molecular formula is C6H10BrClO2. The highest BCUT2D eigenvalue weighted by atomic mass is 79.9. The topological polar surface area (TPSA) is 37.3 Å². The standard InChI is InChI=1S/C6H10BrClO2/c1-2-3-4-6(7,8)5(9)10/h2-4H2,1H3,(H,9,10). The molecule has 0 spiro atoms. The molecule has 10 heavy (non-hydrogen) atoms. The van der Waals surface area contributed by atoms with Crippen LogP contribution in [0.3, 0.4) is 0 Å². The molecule has 0 aromatic heterocycles. The second-order valence-electron chi connectivity index (χ2n) is 2.11. The fourth-order valence-corrected chi connectivity index (χ4v) is 0.920. The average Bonchev–Trinajstić information content (AvgIpc) is 1.84. The molecular weight excluding hydrogens is 219 g/mol. The molecule has 0 aliphatic heterocycles. The van der Waals surface area contributed by atoms with Crippen LogP contribution in [0.4, 0.5) is 0 Å². The monoisotopic (exact) mass is 228 g/mol. The normalized spacial score (nSPS) is 16.3. The highest BCUT2D eigenvalue weighted by molar-refractivity contribution is 9.10. The molecule has 1 unspecified atom stereocenters. The Kier molecular flexibility index (Phi) is 4.29. The Labute approximate surface area is 73.7 Å². The van der Waals surface area contributed by atoms with E-state index >= 15 is 0 Å². The van der Waals surface area contributed by atoms with Gasteiger partial charge in [-0.2, -0.15) is 0 Å². The van der Waals surface area contributed by atoms with Crippen molar-refractivity contribution in [1.82, 2.24) is 0 Å². The van der Waals surface area contributed by atoms with E-state index in [2.05, 4.69) is 15.9 Å². The fourth-order valence-electron chi connectivity index (χ4n) is 0.506. The maximum absolute atomic E-state index is 10.3. The van der Waals surface area contributed by atoms with Crippen LogP contribution in [0.2, 0.25) is 0 Å². The van der Waals surface area contributed by atoms with E-state index in [1.165, 1.54) is 0 Å². The maximum Gasteiger partial charge on any atom is 0.335 e. The molecule has 2 nitrogen and oxygen atoms in total. The average molecular weight is 230 g/mol. The van der Waals surface area contributed by atoms with Gasteiger partial charge in [0.15, 0.2) is 3.78 Å². The first-order valence-corrected chi connectivity index (χ1v) is 4.29. The first kappa shape index (κ1) is 10.2. The van der Waals surface area contributed by atoms with Gasteiger partial charge in [-0.15, -0.1) is 0 Å². The third-order valence-corrected chi connectivity index (χ3v) is 2.24. The zero-order valence-corrected chi connectivity index (χ0v) is 8.07. The summed E-state index contributed by atoms with van der Waals surface area (Å²) < 4.78 is -1.25. The van der Waals surface area contributed by atoms with E-state index in [9.17, 15) is 4.79 Å². The van der Waals surface area contributed by atoms with Crippen molar-refractivity contribution in [3.05, 3.63) is 0 Å². The van der Waals surface area contributed by atoms with Gasteiger partial charge in [-0.05, 0) is 6.42 Å².